The predicted octanol–water partition coefficient (Wildman–Crippen LogP) is 11.4. The lowest BCUT2D eigenvalue weighted by molar-refractivity contribution is 0.483. The Morgan fingerprint density at radius 3 is 1.20 bits per heavy atom. The average Bonchev–Trinajstić information content (AvgIpc) is 3.12. The zero-order valence-corrected chi connectivity index (χ0v) is 24.6. The van der Waals surface area contributed by atoms with E-state index in [9.17, 15) is 5.11 Å². The van der Waals surface area contributed by atoms with Crippen LogP contribution in [0.25, 0.3) is 77.4 Å². The van der Waals surface area contributed by atoms with Crippen LogP contribution in [0.2, 0.25) is 0 Å². The minimum atomic E-state index is 0.230. The van der Waals surface area contributed by atoms with Crippen molar-refractivity contribution >= 4 is 21.5 Å². The molecule has 2 heteroatoms. The number of hydrogen-bond acceptors (Lipinski definition) is 2. The van der Waals surface area contributed by atoms with E-state index in [1.54, 1.807) is 0 Å². The maximum absolute atomic E-state index is 12.4. The largest absolute Gasteiger partial charge is 0.507 e. The van der Waals surface area contributed by atoms with Gasteiger partial charge in [-0.2, -0.15) is 0 Å². The Labute approximate surface area is 262 Å². The number of nitrogens with zero attached hydrogens (tertiary/aromatic N) is 1. The maximum atomic E-state index is 12.4. The SMILES string of the molecule is Oc1c(-c2nc(-c3ccccc3)c(-c3ccccc3)c3ccccc23)c(-c2ccccc2)c(-c2ccccc2)c2ccccc12. The van der Waals surface area contributed by atoms with Gasteiger partial charge in [0, 0.05) is 27.5 Å². The van der Waals surface area contributed by atoms with Crippen molar-refractivity contribution in [3.8, 4) is 61.6 Å². The van der Waals surface area contributed by atoms with E-state index in [1.807, 2.05) is 42.5 Å². The summed E-state index contributed by atoms with van der Waals surface area (Å²) in [6.07, 6.45) is 0. The van der Waals surface area contributed by atoms with Crippen LogP contribution in [0.3, 0.4) is 0 Å². The summed E-state index contributed by atoms with van der Waals surface area (Å²) in [6.45, 7) is 0. The molecule has 0 saturated heterocycles. The highest BCUT2D eigenvalue weighted by molar-refractivity contribution is 6.17. The minimum Gasteiger partial charge on any atom is -0.507 e. The highest BCUT2D eigenvalue weighted by Crippen LogP contribution is 2.52. The van der Waals surface area contributed by atoms with Crippen molar-refractivity contribution in [2.24, 2.45) is 0 Å². The summed E-state index contributed by atoms with van der Waals surface area (Å²) in [5, 5.41) is 16.2. The van der Waals surface area contributed by atoms with Crippen molar-refractivity contribution in [3.63, 3.8) is 0 Å². The molecular weight excluding hydrogens is 546 g/mol. The molecule has 0 aliphatic rings. The zero-order valence-electron chi connectivity index (χ0n) is 24.6. The van der Waals surface area contributed by atoms with Crippen LogP contribution in [0.4, 0.5) is 0 Å². The molecule has 2 nitrogen and oxygen atoms in total. The maximum Gasteiger partial charge on any atom is 0.133 e. The van der Waals surface area contributed by atoms with Crippen LogP contribution in [0.1, 0.15) is 0 Å². The van der Waals surface area contributed by atoms with Gasteiger partial charge in [0.15, 0.2) is 0 Å². The molecule has 8 aromatic rings. The highest BCUT2D eigenvalue weighted by atomic mass is 16.3. The van der Waals surface area contributed by atoms with E-state index in [1.165, 1.54) is 0 Å². The molecule has 0 unspecified atom stereocenters. The Morgan fingerprint density at radius 2 is 0.667 bits per heavy atom. The van der Waals surface area contributed by atoms with Gasteiger partial charge in [0.2, 0.25) is 0 Å². The number of aromatic hydroxyl groups is 1. The summed E-state index contributed by atoms with van der Waals surface area (Å²) in [4.78, 5) is 5.55. The molecule has 0 spiro atoms. The first-order valence-electron chi connectivity index (χ1n) is 15.2. The van der Waals surface area contributed by atoms with Gasteiger partial charge in [-0.3, -0.25) is 0 Å². The monoisotopic (exact) mass is 575 g/mol. The van der Waals surface area contributed by atoms with Gasteiger partial charge < -0.3 is 5.11 Å². The number of fused-ring (bicyclic) bond motifs is 2. The lowest BCUT2D eigenvalue weighted by Gasteiger charge is -2.23. The average molecular weight is 576 g/mol. The first-order chi connectivity index (χ1) is 22.3. The third-order valence-electron chi connectivity index (χ3n) is 8.57. The first-order valence-corrected chi connectivity index (χ1v) is 15.2. The van der Waals surface area contributed by atoms with E-state index in [0.717, 1.165) is 77.4 Å². The van der Waals surface area contributed by atoms with E-state index in [2.05, 4.69) is 127 Å². The van der Waals surface area contributed by atoms with Gasteiger partial charge in [-0.25, -0.2) is 4.98 Å². The lowest BCUT2D eigenvalue weighted by atomic mass is 9.83. The van der Waals surface area contributed by atoms with Crippen LogP contribution < -0.4 is 0 Å². The first kappa shape index (κ1) is 26.6. The van der Waals surface area contributed by atoms with Crippen LogP contribution in [0.15, 0.2) is 170 Å². The van der Waals surface area contributed by atoms with Crippen molar-refractivity contribution in [1.29, 1.82) is 0 Å². The van der Waals surface area contributed by atoms with Gasteiger partial charge in [0.05, 0.1) is 17.0 Å². The number of benzene rings is 7. The molecule has 0 fully saturated rings. The molecule has 0 bridgehead atoms. The minimum absolute atomic E-state index is 0.230. The number of phenolic OH excluding ortho intramolecular Hbond substituents is 1. The Balaban J connectivity index is 1.60. The Bertz CT molecular complexity index is 2300. The van der Waals surface area contributed by atoms with Crippen LogP contribution in [-0.2, 0) is 0 Å². The van der Waals surface area contributed by atoms with E-state index in [-0.39, 0.29) is 5.75 Å². The second kappa shape index (κ2) is 11.3. The number of phenols is 1. The fourth-order valence-corrected chi connectivity index (χ4v) is 6.60. The summed E-state index contributed by atoms with van der Waals surface area (Å²) in [6, 6.07) is 58.3. The Morgan fingerprint density at radius 1 is 0.289 bits per heavy atom. The molecule has 1 aromatic heterocycles. The van der Waals surface area contributed by atoms with E-state index < -0.39 is 0 Å². The number of pyridine rings is 1. The molecule has 212 valence electrons. The Hall–Kier alpha value is -5.99. The highest BCUT2D eigenvalue weighted by Gasteiger charge is 2.26. The van der Waals surface area contributed by atoms with E-state index in [0.29, 0.717) is 0 Å². The van der Waals surface area contributed by atoms with Gasteiger partial charge in [-0.05, 0) is 33.0 Å². The van der Waals surface area contributed by atoms with Gasteiger partial charge in [0.25, 0.3) is 0 Å². The molecule has 0 atom stereocenters. The fraction of sp³-hybridized carbons (Fsp3) is 0. The molecular formula is C43H29NO. The molecule has 0 aliphatic heterocycles. The van der Waals surface area contributed by atoms with E-state index in [4.69, 9.17) is 4.98 Å². The van der Waals surface area contributed by atoms with Gasteiger partial charge in [-0.15, -0.1) is 0 Å². The topological polar surface area (TPSA) is 33.1 Å². The molecule has 0 amide bonds. The second-order valence-corrected chi connectivity index (χ2v) is 11.2. The smallest absolute Gasteiger partial charge is 0.133 e. The third kappa shape index (κ3) is 4.56. The van der Waals surface area contributed by atoms with Crippen molar-refractivity contribution < 1.29 is 5.11 Å². The van der Waals surface area contributed by atoms with Gasteiger partial charge >= 0.3 is 0 Å². The number of aromatic nitrogens is 1. The lowest BCUT2D eigenvalue weighted by Crippen LogP contribution is -2.00. The molecule has 0 radical (unpaired) electrons. The molecule has 7 aromatic carbocycles. The normalized spacial score (nSPS) is 11.2. The summed E-state index contributed by atoms with van der Waals surface area (Å²) in [7, 11) is 0. The predicted molar refractivity (Wildman–Crippen MR) is 188 cm³/mol. The third-order valence-corrected chi connectivity index (χ3v) is 8.57. The van der Waals surface area contributed by atoms with Crippen molar-refractivity contribution in [2.75, 3.05) is 0 Å². The molecule has 1 heterocycles. The molecule has 0 aliphatic carbocycles. The van der Waals surface area contributed by atoms with Crippen LogP contribution in [0.5, 0.6) is 5.75 Å². The van der Waals surface area contributed by atoms with Crippen molar-refractivity contribution in [2.45, 2.75) is 0 Å². The van der Waals surface area contributed by atoms with E-state index >= 15 is 0 Å². The molecule has 8 rings (SSSR count). The quantitative estimate of drug-likeness (QED) is 0.221. The van der Waals surface area contributed by atoms with Crippen molar-refractivity contribution in [3.05, 3.63) is 170 Å². The molecule has 45 heavy (non-hydrogen) atoms. The Kier molecular flexibility index (Phi) is 6.66. The summed E-state index contributed by atoms with van der Waals surface area (Å²) >= 11 is 0. The van der Waals surface area contributed by atoms with Crippen molar-refractivity contribution in [1.82, 2.24) is 4.98 Å². The van der Waals surface area contributed by atoms with Crippen LogP contribution in [0, 0.1) is 0 Å². The number of hydrogen-bond donors (Lipinski definition) is 1. The number of rotatable bonds is 5. The van der Waals surface area contributed by atoms with Crippen LogP contribution >= 0.6 is 0 Å². The summed E-state index contributed by atoms with van der Waals surface area (Å²) in [5.74, 6) is 0.230. The van der Waals surface area contributed by atoms with Gasteiger partial charge in [0.1, 0.15) is 5.75 Å². The summed E-state index contributed by atoms with van der Waals surface area (Å²) < 4.78 is 0. The van der Waals surface area contributed by atoms with Gasteiger partial charge in [-0.1, -0.05) is 170 Å². The standard InChI is InChI=1S/C43H29NO/c45-43-36-28-16-14-26-34(36)37(29-17-5-1-6-18-29)39(31-21-9-3-10-22-31)40(43)42-35-27-15-13-25-33(35)38(30-19-7-2-8-20-30)41(44-42)32-23-11-4-12-24-32/h1-28,45H. The zero-order chi connectivity index (χ0) is 30.2. The molecule has 1 N–H and O–H groups in total. The summed E-state index contributed by atoms with van der Waals surface area (Å²) in [5.41, 5.74) is 9.70. The second-order valence-electron chi connectivity index (χ2n) is 11.2. The molecule has 0 saturated carbocycles. The van der Waals surface area contributed by atoms with Crippen LogP contribution in [-0.4, -0.2) is 10.1 Å². The fourth-order valence-electron chi connectivity index (χ4n) is 6.60.